The quantitative estimate of drug-likeness (QED) is 0.102. The number of aromatic nitrogens is 4. The number of nitrogens with zero attached hydrogens (tertiary/aromatic N) is 2. The van der Waals surface area contributed by atoms with Crippen LogP contribution in [0.3, 0.4) is 0 Å². The molecule has 0 radical (unpaired) electrons. The van der Waals surface area contributed by atoms with E-state index in [1.165, 1.54) is 0 Å². The zero-order chi connectivity index (χ0) is 40.2. The van der Waals surface area contributed by atoms with Crippen molar-refractivity contribution in [1.29, 1.82) is 0 Å². The maximum absolute atomic E-state index is 13.1. The zero-order valence-electron chi connectivity index (χ0n) is 33.7. The van der Waals surface area contributed by atoms with E-state index < -0.39 is 0 Å². The Balaban J connectivity index is 0.000000174. The van der Waals surface area contributed by atoms with Gasteiger partial charge < -0.3 is 30.1 Å². The number of fused-ring (bicyclic) bond motifs is 2. The van der Waals surface area contributed by atoms with Crippen molar-refractivity contribution in [2.45, 2.75) is 73.6 Å². The molecule has 6 aromatic rings. The van der Waals surface area contributed by atoms with Gasteiger partial charge in [0, 0.05) is 59.1 Å². The number of nitrogens with one attached hydrogen (secondary N) is 4. The topological polar surface area (TPSA) is 134 Å². The number of benzene rings is 2. The molecule has 2 aliphatic rings. The summed E-state index contributed by atoms with van der Waals surface area (Å²) in [7, 11) is 0. The van der Waals surface area contributed by atoms with Crippen LogP contribution in [-0.4, -0.2) is 44.7 Å². The molecular formula is C47H52N6O4. The Bertz CT molecular complexity index is 2360. The molecule has 0 aliphatic heterocycles. The number of aromatic amines is 2. The van der Waals surface area contributed by atoms with Crippen LogP contribution in [0.15, 0.2) is 97.6 Å². The summed E-state index contributed by atoms with van der Waals surface area (Å²) in [6.45, 7) is 13.7. The average molecular weight is 765 g/mol. The summed E-state index contributed by atoms with van der Waals surface area (Å²) in [5.41, 5.74) is 10.4. The number of rotatable bonds is 11. The first-order valence-electron chi connectivity index (χ1n) is 19.8. The summed E-state index contributed by atoms with van der Waals surface area (Å²) in [6, 6.07) is 23.7. The number of hydrogen-bond donors (Lipinski definition) is 4. The summed E-state index contributed by atoms with van der Waals surface area (Å²) >= 11 is 0. The third-order valence-corrected chi connectivity index (χ3v) is 10.3. The Morgan fingerprint density at radius 3 is 1.47 bits per heavy atom. The minimum atomic E-state index is -0.0595. The van der Waals surface area contributed by atoms with Gasteiger partial charge in [-0.15, -0.1) is 0 Å². The third kappa shape index (κ3) is 8.65. The van der Waals surface area contributed by atoms with E-state index in [0.29, 0.717) is 31.8 Å². The van der Waals surface area contributed by atoms with E-state index >= 15 is 0 Å². The third-order valence-electron chi connectivity index (χ3n) is 10.3. The first-order valence-corrected chi connectivity index (χ1v) is 19.8. The molecule has 0 unspecified atom stereocenters. The first-order chi connectivity index (χ1) is 27.5. The molecule has 10 nitrogen and oxygen atoms in total. The highest BCUT2D eigenvalue weighted by Gasteiger charge is 2.37. The number of para-hydroxylation sites is 2. The van der Waals surface area contributed by atoms with E-state index in [1.54, 1.807) is 24.8 Å². The van der Waals surface area contributed by atoms with E-state index in [2.05, 4.69) is 65.2 Å². The fraction of sp³-hybridized carbons (Fsp3) is 0.319. The van der Waals surface area contributed by atoms with Gasteiger partial charge in [-0.3, -0.25) is 19.6 Å². The Hall–Kier alpha value is -6.16. The van der Waals surface area contributed by atoms with Crippen molar-refractivity contribution in [2.24, 2.45) is 10.8 Å². The van der Waals surface area contributed by atoms with Gasteiger partial charge in [0.05, 0.1) is 59.5 Å². The van der Waals surface area contributed by atoms with Crippen molar-refractivity contribution in [3.63, 3.8) is 0 Å². The number of pyridine rings is 2. The summed E-state index contributed by atoms with van der Waals surface area (Å²) in [4.78, 5) is 41.7. The Kier molecular flexibility index (Phi) is 11.3. The monoisotopic (exact) mass is 764 g/mol. The van der Waals surface area contributed by atoms with Crippen molar-refractivity contribution in [2.75, 3.05) is 23.8 Å². The summed E-state index contributed by atoms with van der Waals surface area (Å²) in [5, 5.41) is 6.97. The van der Waals surface area contributed by atoms with Crippen molar-refractivity contribution >= 4 is 34.3 Å². The molecule has 0 amide bonds. The molecule has 57 heavy (non-hydrogen) atoms. The van der Waals surface area contributed by atoms with E-state index in [9.17, 15) is 9.59 Å². The highest BCUT2D eigenvalue weighted by atomic mass is 16.5. The predicted molar refractivity (Wildman–Crippen MR) is 227 cm³/mol. The Morgan fingerprint density at radius 2 is 1.05 bits per heavy atom. The predicted octanol–water partition coefficient (Wildman–Crippen LogP) is 11.1. The normalized spacial score (nSPS) is 15.1. The van der Waals surface area contributed by atoms with Gasteiger partial charge in [0.1, 0.15) is 11.5 Å². The highest BCUT2D eigenvalue weighted by molar-refractivity contribution is 6.09. The fourth-order valence-electron chi connectivity index (χ4n) is 7.87. The lowest BCUT2D eigenvalue weighted by molar-refractivity contribution is 0.0903. The molecule has 0 atom stereocenters. The van der Waals surface area contributed by atoms with Crippen LogP contribution >= 0.6 is 0 Å². The largest absolute Gasteiger partial charge is 0.492 e. The number of carbonyl (C=O) groups is 2. The number of carbonyl (C=O) groups excluding carboxylic acids is 2. The number of anilines is 4. The molecular weight excluding hydrogens is 713 g/mol. The second-order valence-electron chi connectivity index (χ2n) is 16.3. The molecule has 0 fully saturated rings. The van der Waals surface area contributed by atoms with Crippen LogP contribution in [0.25, 0.3) is 22.5 Å². The van der Waals surface area contributed by atoms with Crippen molar-refractivity contribution in [3.8, 4) is 34.0 Å². The van der Waals surface area contributed by atoms with Gasteiger partial charge in [-0.05, 0) is 73.4 Å². The standard InChI is InChI=1S/C24H27N3O2.C23H25N3O2/c1-4-12-29-20-15-25-11-10-17(20)22-23(26-16-8-6-5-7-9-16)21-18(27-22)13-24(2,3)14-19(21)28;1-4-28-19-14-24-11-10-16(19)21-22(25-15-8-6-5-7-9-15)20-17(26-21)12-23(2,3)13-18(20)27/h5-11,15,26-27H,4,12-14H2,1-3H3;5-11,14,25-26H,4,12-13H2,1-3H3. The maximum Gasteiger partial charge on any atom is 0.167 e. The molecule has 0 bridgehead atoms. The fourth-order valence-corrected chi connectivity index (χ4v) is 7.87. The van der Waals surface area contributed by atoms with Crippen molar-refractivity contribution in [3.05, 3.63) is 120 Å². The molecule has 2 aromatic carbocycles. The summed E-state index contributed by atoms with van der Waals surface area (Å²) in [5.74, 6) is 1.75. The van der Waals surface area contributed by atoms with Gasteiger partial charge >= 0.3 is 0 Å². The lowest BCUT2D eigenvalue weighted by Gasteiger charge is -2.28. The van der Waals surface area contributed by atoms with Gasteiger partial charge in [0.25, 0.3) is 0 Å². The van der Waals surface area contributed by atoms with Crippen LogP contribution in [0.4, 0.5) is 22.7 Å². The smallest absolute Gasteiger partial charge is 0.167 e. The number of H-pyrrole nitrogens is 2. The zero-order valence-corrected chi connectivity index (χ0v) is 33.7. The van der Waals surface area contributed by atoms with Crippen molar-refractivity contribution in [1.82, 2.24) is 19.9 Å². The minimum Gasteiger partial charge on any atom is -0.492 e. The van der Waals surface area contributed by atoms with Crippen LogP contribution < -0.4 is 20.1 Å². The van der Waals surface area contributed by atoms with Crippen LogP contribution in [-0.2, 0) is 12.8 Å². The SMILES string of the molecule is CCCOc1cnccc1-c1[nH]c2c(c1Nc1ccccc1)C(=O)CC(C)(C)C2.CCOc1cnccc1-c1[nH]c2c(c1Nc1ccccc1)C(=O)CC(C)(C)C2. The maximum atomic E-state index is 13.1. The molecule has 294 valence electrons. The first kappa shape index (κ1) is 39.1. The van der Waals surface area contributed by atoms with E-state index in [0.717, 1.165) is 92.8 Å². The summed E-state index contributed by atoms with van der Waals surface area (Å²) in [6.07, 6.45) is 10.6. The van der Waals surface area contributed by atoms with Crippen LogP contribution in [0, 0.1) is 10.8 Å². The Labute approximate surface area is 334 Å². The Morgan fingerprint density at radius 1 is 0.614 bits per heavy atom. The lowest BCUT2D eigenvalue weighted by atomic mass is 9.76. The van der Waals surface area contributed by atoms with Crippen LogP contribution in [0.2, 0.25) is 0 Å². The number of ketones is 2. The molecule has 0 spiro atoms. The van der Waals surface area contributed by atoms with E-state index in [1.807, 2.05) is 79.7 Å². The highest BCUT2D eigenvalue weighted by Crippen LogP contribution is 2.46. The van der Waals surface area contributed by atoms with Gasteiger partial charge in [-0.25, -0.2) is 0 Å². The van der Waals surface area contributed by atoms with Crippen LogP contribution in [0.1, 0.15) is 92.9 Å². The molecule has 8 rings (SSSR count). The second-order valence-corrected chi connectivity index (χ2v) is 16.3. The molecule has 2 aliphatic carbocycles. The van der Waals surface area contributed by atoms with E-state index in [-0.39, 0.29) is 22.4 Å². The molecule has 4 N–H and O–H groups in total. The molecule has 4 heterocycles. The van der Waals surface area contributed by atoms with Gasteiger partial charge in [-0.2, -0.15) is 0 Å². The van der Waals surface area contributed by atoms with Gasteiger partial charge in [0.15, 0.2) is 11.6 Å². The van der Waals surface area contributed by atoms with Gasteiger partial charge in [-0.1, -0.05) is 71.0 Å². The second kappa shape index (κ2) is 16.5. The molecule has 4 aromatic heterocycles. The van der Waals surface area contributed by atoms with Gasteiger partial charge in [0.2, 0.25) is 0 Å². The number of hydrogen-bond acceptors (Lipinski definition) is 8. The molecule has 0 saturated carbocycles. The van der Waals surface area contributed by atoms with E-state index in [4.69, 9.17) is 9.47 Å². The minimum absolute atomic E-state index is 0.0583. The summed E-state index contributed by atoms with van der Waals surface area (Å²) < 4.78 is 11.8. The number of Topliss-reactive ketones (excluding diaryl/α,β-unsaturated/α-hetero) is 2. The lowest BCUT2D eigenvalue weighted by Crippen LogP contribution is -2.26. The van der Waals surface area contributed by atoms with Crippen molar-refractivity contribution < 1.29 is 19.1 Å². The van der Waals surface area contributed by atoms with Crippen LogP contribution in [0.5, 0.6) is 11.5 Å². The average Bonchev–Trinajstić information content (AvgIpc) is 3.72. The number of ether oxygens (including phenoxy) is 2. The molecule has 0 saturated heterocycles. The molecule has 10 heteroatoms.